The molecule has 26 heavy (non-hydrogen) atoms. The summed E-state index contributed by atoms with van der Waals surface area (Å²) < 4.78 is 5.65. The van der Waals surface area contributed by atoms with Crippen molar-refractivity contribution in [1.29, 1.82) is 0 Å². The number of piperidine rings is 3. The van der Waals surface area contributed by atoms with Gasteiger partial charge in [-0.05, 0) is 68.0 Å². The van der Waals surface area contributed by atoms with Gasteiger partial charge in [0.15, 0.2) is 0 Å². The molecule has 2 unspecified atom stereocenters. The first-order valence-electron chi connectivity index (χ1n) is 9.64. The molecule has 3 fully saturated rings. The van der Waals surface area contributed by atoms with Crippen LogP contribution in [-0.2, 0) is 0 Å². The molecule has 1 aromatic carbocycles. The highest BCUT2D eigenvalue weighted by Crippen LogP contribution is 2.42. The van der Waals surface area contributed by atoms with Gasteiger partial charge in [0.25, 0.3) is 0 Å². The van der Waals surface area contributed by atoms with Crippen LogP contribution in [0.2, 0.25) is 0 Å². The van der Waals surface area contributed by atoms with Crippen LogP contribution in [0.4, 0.5) is 0 Å². The van der Waals surface area contributed by atoms with Gasteiger partial charge in [0.1, 0.15) is 5.75 Å². The molecule has 3 aliphatic rings. The number of pyridine rings is 1. The van der Waals surface area contributed by atoms with Gasteiger partial charge in [-0.15, -0.1) is 12.4 Å². The summed E-state index contributed by atoms with van der Waals surface area (Å²) >= 11 is 0. The Balaban J connectivity index is 0.00000196. The Morgan fingerprint density at radius 2 is 2.15 bits per heavy atom. The Labute approximate surface area is 162 Å². The number of halogens is 1. The van der Waals surface area contributed by atoms with Crippen LogP contribution < -0.4 is 4.74 Å². The Morgan fingerprint density at radius 1 is 1.31 bits per heavy atom. The molecule has 0 spiro atoms. The van der Waals surface area contributed by atoms with Gasteiger partial charge in [0, 0.05) is 24.2 Å². The van der Waals surface area contributed by atoms with Gasteiger partial charge >= 0.3 is 0 Å². The lowest BCUT2D eigenvalue weighted by molar-refractivity contribution is -0.0562. The normalized spacial score (nSPS) is 28.6. The summed E-state index contributed by atoms with van der Waals surface area (Å²) in [6, 6.07) is 8.16. The van der Waals surface area contributed by atoms with Crippen LogP contribution in [0.5, 0.6) is 5.75 Å². The van der Waals surface area contributed by atoms with Crippen LogP contribution in [0.15, 0.2) is 30.5 Å². The van der Waals surface area contributed by atoms with Gasteiger partial charge in [-0.25, -0.2) is 0 Å². The molecule has 5 rings (SSSR count). The van der Waals surface area contributed by atoms with Crippen LogP contribution in [0.3, 0.4) is 0 Å². The van der Waals surface area contributed by atoms with Crippen molar-refractivity contribution in [3.63, 3.8) is 0 Å². The van der Waals surface area contributed by atoms with Gasteiger partial charge in [-0.1, -0.05) is 13.3 Å². The Bertz CT molecular complexity index is 754. The van der Waals surface area contributed by atoms with E-state index < -0.39 is 6.10 Å². The lowest BCUT2D eigenvalue weighted by atomic mass is 9.72. The fourth-order valence-electron chi connectivity index (χ4n) is 4.84. The molecule has 4 heterocycles. The zero-order valence-corrected chi connectivity index (χ0v) is 16.4. The van der Waals surface area contributed by atoms with Crippen molar-refractivity contribution in [2.24, 2.45) is 11.8 Å². The zero-order chi connectivity index (χ0) is 17.4. The van der Waals surface area contributed by atoms with E-state index >= 15 is 0 Å². The predicted octanol–water partition coefficient (Wildman–Crippen LogP) is 4.21. The van der Waals surface area contributed by atoms with Crippen molar-refractivity contribution >= 4 is 23.3 Å². The second kappa shape index (κ2) is 8.12. The lowest BCUT2D eigenvalue weighted by Gasteiger charge is -2.51. The van der Waals surface area contributed by atoms with E-state index in [0.717, 1.165) is 53.6 Å². The Kier molecular flexibility index (Phi) is 6.06. The van der Waals surface area contributed by atoms with Crippen molar-refractivity contribution in [1.82, 2.24) is 9.88 Å². The minimum atomic E-state index is -0.469. The summed E-state index contributed by atoms with van der Waals surface area (Å²) in [6.45, 7) is 7.18. The summed E-state index contributed by atoms with van der Waals surface area (Å²) in [6.07, 6.45) is 4.98. The first-order chi connectivity index (χ1) is 12.2. The van der Waals surface area contributed by atoms with E-state index in [-0.39, 0.29) is 18.4 Å². The molecule has 142 valence electrons. The van der Waals surface area contributed by atoms with Gasteiger partial charge in [0.2, 0.25) is 0 Å². The third-order valence-electron chi connectivity index (χ3n) is 6.20. The third kappa shape index (κ3) is 3.42. The van der Waals surface area contributed by atoms with Gasteiger partial charge in [-0.3, -0.25) is 9.88 Å². The number of aromatic nitrogens is 1. The number of fused-ring (bicyclic) bond motifs is 4. The number of aliphatic hydroxyl groups excluding tert-OH is 1. The predicted molar refractivity (Wildman–Crippen MR) is 107 cm³/mol. The van der Waals surface area contributed by atoms with Crippen LogP contribution in [0.1, 0.15) is 44.8 Å². The van der Waals surface area contributed by atoms with Crippen LogP contribution in [-0.4, -0.2) is 40.7 Å². The number of ether oxygens (including phenoxy) is 1. The van der Waals surface area contributed by atoms with E-state index in [1.807, 2.05) is 37.4 Å². The van der Waals surface area contributed by atoms with Gasteiger partial charge in [-0.2, -0.15) is 0 Å². The molecule has 4 nitrogen and oxygen atoms in total. The second-order valence-corrected chi connectivity index (χ2v) is 7.47. The molecule has 0 aliphatic carbocycles. The van der Waals surface area contributed by atoms with Crippen molar-refractivity contribution in [2.45, 2.75) is 45.3 Å². The number of benzene rings is 1. The highest BCUT2D eigenvalue weighted by atomic mass is 35.5. The average Bonchev–Trinajstić information content (AvgIpc) is 2.67. The summed E-state index contributed by atoms with van der Waals surface area (Å²) in [5, 5.41) is 12.2. The van der Waals surface area contributed by atoms with E-state index in [4.69, 9.17) is 4.74 Å². The summed E-state index contributed by atoms with van der Waals surface area (Å²) in [5.74, 6) is 2.41. The number of nitrogens with zero attached hydrogens (tertiary/aromatic N) is 2. The molecule has 1 N–H and O–H groups in total. The molecule has 5 heteroatoms. The second-order valence-electron chi connectivity index (χ2n) is 7.47. The van der Waals surface area contributed by atoms with E-state index in [0.29, 0.717) is 6.61 Å². The standard InChI is InChI=1S/C21H28N2O2.ClH/c1-3-14-13-23-10-8-15(14)11-20(23)21(24)17-7-9-22-19-6-5-16(25-4-2)12-18(17)19;/h5-7,9,12,14-15,20-21,24H,3-4,8,10-11,13H2,1-2H3;1H/t14-,15?,20-,21+;/m0./s1. The minimum absolute atomic E-state index is 0. The maximum atomic E-state index is 11.2. The van der Waals surface area contributed by atoms with Crippen molar-refractivity contribution in [3.05, 3.63) is 36.0 Å². The number of rotatable bonds is 5. The van der Waals surface area contributed by atoms with Gasteiger partial charge in [0.05, 0.1) is 18.2 Å². The minimum Gasteiger partial charge on any atom is -0.494 e. The van der Waals surface area contributed by atoms with Crippen LogP contribution in [0.25, 0.3) is 10.9 Å². The topological polar surface area (TPSA) is 45.6 Å². The fraction of sp³-hybridized carbons (Fsp3) is 0.571. The van der Waals surface area contributed by atoms with Crippen molar-refractivity contribution in [2.75, 3.05) is 19.7 Å². The van der Waals surface area contributed by atoms with Crippen molar-refractivity contribution in [3.8, 4) is 5.75 Å². The molecule has 0 saturated carbocycles. The molecule has 0 radical (unpaired) electrons. The molecule has 3 saturated heterocycles. The van der Waals surface area contributed by atoms with E-state index in [2.05, 4.69) is 16.8 Å². The molecule has 5 atom stereocenters. The molecular formula is C21H29ClN2O2. The molecular weight excluding hydrogens is 348 g/mol. The molecule has 2 bridgehead atoms. The smallest absolute Gasteiger partial charge is 0.120 e. The largest absolute Gasteiger partial charge is 0.494 e. The summed E-state index contributed by atoms with van der Waals surface area (Å²) in [4.78, 5) is 6.98. The average molecular weight is 377 g/mol. The maximum absolute atomic E-state index is 11.2. The number of hydrogen-bond acceptors (Lipinski definition) is 4. The fourth-order valence-corrected chi connectivity index (χ4v) is 4.84. The summed E-state index contributed by atoms with van der Waals surface area (Å²) in [5.41, 5.74) is 1.90. The quantitative estimate of drug-likeness (QED) is 0.849. The molecule has 0 amide bonds. The lowest BCUT2D eigenvalue weighted by Crippen LogP contribution is -2.55. The van der Waals surface area contributed by atoms with E-state index in [1.54, 1.807) is 0 Å². The highest BCUT2D eigenvalue weighted by Gasteiger charge is 2.42. The molecule has 1 aromatic heterocycles. The SMILES string of the molecule is CCOc1ccc2nccc([C@@H](O)[C@@H]3CC4CCN3C[C@@H]4CC)c2c1.Cl. The maximum Gasteiger partial charge on any atom is 0.120 e. The first-order valence-corrected chi connectivity index (χ1v) is 9.64. The van der Waals surface area contributed by atoms with Crippen LogP contribution in [0, 0.1) is 11.8 Å². The number of aliphatic hydroxyl groups is 1. The number of hydrogen-bond donors (Lipinski definition) is 1. The van der Waals surface area contributed by atoms with Crippen molar-refractivity contribution < 1.29 is 9.84 Å². The third-order valence-corrected chi connectivity index (χ3v) is 6.20. The molecule has 2 aromatic rings. The first kappa shape index (κ1) is 19.4. The monoisotopic (exact) mass is 376 g/mol. The highest BCUT2D eigenvalue weighted by molar-refractivity contribution is 5.85. The Morgan fingerprint density at radius 3 is 2.85 bits per heavy atom. The summed E-state index contributed by atoms with van der Waals surface area (Å²) in [7, 11) is 0. The van der Waals surface area contributed by atoms with E-state index in [1.165, 1.54) is 12.8 Å². The zero-order valence-electron chi connectivity index (χ0n) is 15.6. The Hall–Kier alpha value is -1.36. The van der Waals surface area contributed by atoms with Gasteiger partial charge < -0.3 is 9.84 Å². The molecule has 3 aliphatic heterocycles. The van der Waals surface area contributed by atoms with E-state index in [9.17, 15) is 5.11 Å². The van der Waals surface area contributed by atoms with Crippen LogP contribution >= 0.6 is 12.4 Å².